The fourth-order valence-corrected chi connectivity index (χ4v) is 4.25. The molecule has 5 rings (SSSR count). The number of anilines is 2. The Morgan fingerprint density at radius 2 is 2.03 bits per heavy atom. The van der Waals surface area contributed by atoms with E-state index < -0.39 is 5.92 Å². The number of nitrogens with one attached hydrogen (secondary N) is 2. The number of aromatic nitrogens is 3. The highest BCUT2D eigenvalue weighted by molar-refractivity contribution is 6.05. The van der Waals surface area contributed by atoms with Gasteiger partial charge >= 0.3 is 0 Å². The molecule has 1 aromatic carbocycles. The van der Waals surface area contributed by atoms with Crippen molar-refractivity contribution >= 4 is 17.5 Å². The molecule has 0 fully saturated rings. The average molecular weight is 396 g/mol. The number of amides is 1. The third-order valence-electron chi connectivity index (χ3n) is 5.70. The maximum absolute atomic E-state index is 12.9. The van der Waals surface area contributed by atoms with Crippen molar-refractivity contribution in [1.82, 2.24) is 15.0 Å². The first-order valence-corrected chi connectivity index (χ1v) is 10.1. The molecule has 1 aliphatic heterocycles. The lowest BCUT2D eigenvalue weighted by molar-refractivity contribution is -0.116. The highest BCUT2D eigenvalue weighted by atomic mass is 16.2. The van der Waals surface area contributed by atoms with Crippen LogP contribution in [0.15, 0.2) is 42.7 Å². The average Bonchev–Trinajstić information content (AvgIpc) is 3.37. The third-order valence-corrected chi connectivity index (χ3v) is 5.70. The molecule has 2 N–H and O–H groups in total. The number of benzene rings is 1. The molecule has 1 amide bonds. The Balaban J connectivity index is 1.47. The maximum Gasteiger partial charge on any atom is 0.238 e. The summed E-state index contributed by atoms with van der Waals surface area (Å²) in [5.74, 6) is -0.0584. The largest absolute Gasteiger partial charge is 0.354 e. The number of rotatable bonds is 5. The van der Waals surface area contributed by atoms with E-state index in [1.165, 1.54) is 5.56 Å². The van der Waals surface area contributed by atoms with Crippen LogP contribution in [0.3, 0.4) is 0 Å². The van der Waals surface area contributed by atoms with Crippen LogP contribution in [0, 0.1) is 11.3 Å². The van der Waals surface area contributed by atoms with Gasteiger partial charge in [-0.1, -0.05) is 0 Å². The van der Waals surface area contributed by atoms with Gasteiger partial charge in [0.15, 0.2) is 0 Å². The van der Waals surface area contributed by atoms with E-state index in [0.717, 1.165) is 53.9 Å². The van der Waals surface area contributed by atoms with E-state index in [2.05, 4.69) is 21.7 Å². The first kappa shape index (κ1) is 18.3. The summed E-state index contributed by atoms with van der Waals surface area (Å²) < 4.78 is 0. The Labute approximate surface area is 174 Å². The minimum absolute atomic E-state index is 0.101. The van der Waals surface area contributed by atoms with E-state index in [9.17, 15) is 10.1 Å². The first-order chi connectivity index (χ1) is 14.7. The standard InChI is InChI=1S/C23H20N6O/c24-13-15-4-5-19-17(12-15)20(22(30)27-19)21-16-2-1-3-18(16)28-23(29-21)26-11-8-14-6-9-25-10-7-14/h4-7,9-10,12,20H,1-3,8,11H2,(H,27,30)(H,26,28,29). The molecule has 1 unspecified atom stereocenters. The van der Waals surface area contributed by atoms with Gasteiger partial charge in [-0.3, -0.25) is 9.78 Å². The zero-order valence-corrected chi connectivity index (χ0v) is 16.4. The predicted octanol–water partition coefficient (Wildman–Crippen LogP) is 2.97. The number of pyridine rings is 1. The van der Waals surface area contributed by atoms with Crippen molar-refractivity contribution in [3.05, 3.63) is 76.4 Å². The van der Waals surface area contributed by atoms with Gasteiger partial charge in [-0.15, -0.1) is 0 Å². The summed E-state index contributed by atoms with van der Waals surface area (Å²) in [6.07, 6.45) is 7.17. The second-order valence-electron chi connectivity index (χ2n) is 7.58. The molecular weight excluding hydrogens is 376 g/mol. The molecule has 0 saturated heterocycles. The van der Waals surface area contributed by atoms with Crippen molar-refractivity contribution in [3.63, 3.8) is 0 Å². The van der Waals surface area contributed by atoms with Gasteiger partial charge in [0.2, 0.25) is 11.9 Å². The molecule has 0 bridgehead atoms. The molecule has 30 heavy (non-hydrogen) atoms. The van der Waals surface area contributed by atoms with Gasteiger partial charge in [0.05, 0.1) is 17.3 Å². The van der Waals surface area contributed by atoms with Crippen LogP contribution in [0.2, 0.25) is 0 Å². The number of hydrogen-bond donors (Lipinski definition) is 2. The summed E-state index contributed by atoms with van der Waals surface area (Å²) in [6.45, 7) is 0.689. The van der Waals surface area contributed by atoms with E-state index in [-0.39, 0.29) is 5.91 Å². The summed E-state index contributed by atoms with van der Waals surface area (Å²) >= 11 is 0. The number of carbonyl (C=O) groups excluding carboxylic acids is 1. The van der Waals surface area contributed by atoms with Gasteiger partial charge < -0.3 is 10.6 Å². The Morgan fingerprint density at radius 3 is 2.87 bits per heavy atom. The number of hydrogen-bond acceptors (Lipinski definition) is 6. The molecule has 7 heteroatoms. The summed E-state index contributed by atoms with van der Waals surface area (Å²) in [4.78, 5) is 26.4. The fraction of sp³-hybridized carbons (Fsp3) is 0.261. The Morgan fingerprint density at radius 1 is 1.17 bits per heavy atom. The summed E-state index contributed by atoms with van der Waals surface area (Å²) in [5.41, 5.74) is 6.14. The molecule has 0 radical (unpaired) electrons. The lowest BCUT2D eigenvalue weighted by Crippen LogP contribution is -2.19. The van der Waals surface area contributed by atoms with Gasteiger partial charge in [-0.2, -0.15) is 5.26 Å². The van der Waals surface area contributed by atoms with Crippen LogP contribution < -0.4 is 10.6 Å². The van der Waals surface area contributed by atoms with Crippen LogP contribution in [-0.4, -0.2) is 27.4 Å². The Bertz CT molecular complexity index is 1170. The molecule has 0 saturated carbocycles. The van der Waals surface area contributed by atoms with Crippen LogP contribution in [0.5, 0.6) is 0 Å². The van der Waals surface area contributed by atoms with Crippen molar-refractivity contribution in [2.75, 3.05) is 17.2 Å². The Kier molecular flexibility index (Phi) is 4.60. The van der Waals surface area contributed by atoms with Crippen molar-refractivity contribution in [1.29, 1.82) is 5.26 Å². The lowest BCUT2D eigenvalue weighted by Gasteiger charge is -2.15. The van der Waals surface area contributed by atoms with Crippen LogP contribution in [-0.2, 0) is 24.1 Å². The number of carbonyl (C=O) groups is 1. The highest BCUT2D eigenvalue weighted by Gasteiger charge is 2.36. The number of fused-ring (bicyclic) bond motifs is 2. The number of nitriles is 1. The monoisotopic (exact) mass is 396 g/mol. The second-order valence-corrected chi connectivity index (χ2v) is 7.58. The van der Waals surface area contributed by atoms with Crippen LogP contribution in [0.25, 0.3) is 0 Å². The fourth-order valence-electron chi connectivity index (χ4n) is 4.25. The third kappa shape index (κ3) is 3.26. The zero-order valence-electron chi connectivity index (χ0n) is 16.4. The maximum atomic E-state index is 12.9. The smallest absolute Gasteiger partial charge is 0.238 e. The molecule has 2 aliphatic rings. The molecule has 2 aromatic heterocycles. The van der Waals surface area contributed by atoms with E-state index in [1.54, 1.807) is 30.6 Å². The predicted molar refractivity (Wildman–Crippen MR) is 112 cm³/mol. The van der Waals surface area contributed by atoms with Gasteiger partial charge in [0.1, 0.15) is 5.92 Å². The van der Waals surface area contributed by atoms with E-state index in [4.69, 9.17) is 9.97 Å². The second kappa shape index (κ2) is 7.56. The molecular formula is C23H20N6O. The van der Waals surface area contributed by atoms with Crippen molar-refractivity contribution in [2.24, 2.45) is 0 Å². The van der Waals surface area contributed by atoms with Gasteiger partial charge in [0.25, 0.3) is 0 Å². The van der Waals surface area contributed by atoms with Crippen LogP contribution >= 0.6 is 0 Å². The molecule has 0 spiro atoms. The number of aryl methyl sites for hydroxylation is 1. The quantitative estimate of drug-likeness (QED) is 0.687. The number of nitrogens with zero attached hydrogens (tertiary/aromatic N) is 4. The van der Waals surface area contributed by atoms with Crippen LogP contribution in [0.1, 0.15) is 46.0 Å². The van der Waals surface area contributed by atoms with Crippen LogP contribution in [0.4, 0.5) is 11.6 Å². The highest BCUT2D eigenvalue weighted by Crippen LogP contribution is 2.40. The first-order valence-electron chi connectivity index (χ1n) is 10.1. The summed E-state index contributed by atoms with van der Waals surface area (Å²) in [6, 6.07) is 11.4. The van der Waals surface area contributed by atoms with Gasteiger partial charge in [-0.05, 0) is 72.7 Å². The van der Waals surface area contributed by atoms with E-state index in [0.29, 0.717) is 18.1 Å². The lowest BCUT2D eigenvalue weighted by atomic mass is 9.92. The normalized spacial score (nSPS) is 16.5. The van der Waals surface area contributed by atoms with Crippen molar-refractivity contribution in [2.45, 2.75) is 31.6 Å². The van der Waals surface area contributed by atoms with Crippen molar-refractivity contribution < 1.29 is 4.79 Å². The molecule has 3 aromatic rings. The van der Waals surface area contributed by atoms with Crippen molar-refractivity contribution in [3.8, 4) is 6.07 Å². The SMILES string of the molecule is N#Cc1ccc2c(c1)C(c1nc(NCCc3ccncc3)nc3c1CCC3)C(=O)N2. The topological polar surface area (TPSA) is 104 Å². The molecule has 1 aliphatic carbocycles. The molecule has 1 atom stereocenters. The molecule has 7 nitrogen and oxygen atoms in total. The molecule has 148 valence electrons. The Hall–Kier alpha value is -3.79. The summed E-state index contributed by atoms with van der Waals surface area (Å²) in [5, 5.41) is 15.5. The minimum atomic E-state index is -0.510. The summed E-state index contributed by atoms with van der Waals surface area (Å²) in [7, 11) is 0. The van der Waals surface area contributed by atoms with E-state index >= 15 is 0 Å². The minimum Gasteiger partial charge on any atom is -0.354 e. The van der Waals surface area contributed by atoms with Gasteiger partial charge in [0, 0.05) is 30.3 Å². The zero-order chi connectivity index (χ0) is 20.5. The molecule has 3 heterocycles. The van der Waals surface area contributed by atoms with E-state index in [1.807, 2.05) is 12.1 Å². The van der Waals surface area contributed by atoms with Gasteiger partial charge in [-0.25, -0.2) is 9.97 Å².